The van der Waals surface area contributed by atoms with E-state index in [2.05, 4.69) is 5.32 Å². The molecule has 0 aliphatic carbocycles. The van der Waals surface area contributed by atoms with Crippen LogP contribution in [0.3, 0.4) is 0 Å². The van der Waals surface area contributed by atoms with Crippen molar-refractivity contribution in [3.63, 3.8) is 0 Å². The molecule has 2 aromatic rings. The van der Waals surface area contributed by atoms with Crippen LogP contribution in [0.4, 0.5) is 17.1 Å². The van der Waals surface area contributed by atoms with Gasteiger partial charge in [-0.15, -0.1) is 0 Å². The Morgan fingerprint density at radius 1 is 0.771 bits per heavy atom. The molecule has 0 saturated heterocycles. The van der Waals surface area contributed by atoms with Crippen molar-refractivity contribution in [3.8, 4) is 0 Å². The van der Waals surface area contributed by atoms with Crippen molar-refractivity contribution in [1.29, 1.82) is 0 Å². The fourth-order valence-electron chi connectivity index (χ4n) is 2.70. The SMILES string of the molecule is O=C(OCCOCCOCCOCCNc1ccc([N+](=O)[O-])cc1[N+](=O)[O-])C(=O)c1ccccc1. The van der Waals surface area contributed by atoms with Gasteiger partial charge in [0.1, 0.15) is 12.3 Å². The highest BCUT2D eigenvalue weighted by Gasteiger charge is 2.19. The molecular formula is C22H25N3O10. The van der Waals surface area contributed by atoms with Crippen LogP contribution in [0.25, 0.3) is 0 Å². The minimum atomic E-state index is -0.939. The lowest BCUT2D eigenvalue weighted by molar-refractivity contribution is -0.393. The molecule has 0 heterocycles. The molecule has 2 rings (SSSR count). The first-order chi connectivity index (χ1) is 16.9. The molecule has 0 radical (unpaired) electrons. The van der Waals surface area contributed by atoms with Gasteiger partial charge < -0.3 is 24.3 Å². The Morgan fingerprint density at radius 3 is 1.97 bits per heavy atom. The van der Waals surface area contributed by atoms with Gasteiger partial charge in [-0.1, -0.05) is 30.3 Å². The summed E-state index contributed by atoms with van der Waals surface area (Å²) in [6.07, 6.45) is 0. The van der Waals surface area contributed by atoms with Crippen molar-refractivity contribution in [2.45, 2.75) is 0 Å². The molecule has 0 aliphatic heterocycles. The van der Waals surface area contributed by atoms with Gasteiger partial charge in [-0.2, -0.15) is 0 Å². The highest BCUT2D eigenvalue weighted by atomic mass is 16.6. The quantitative estimate of drug-likeness (QED) is 0.0860. The van der Waals surface area contributed by atoms with E-state index in [1.807, 2.05) is 0 Å². The summed E-state index contributed by atoms with van der Waals surface area (Å²) in [5, 5.41) is 24.6. The number of Topliss-reactive ketones (excluding diaryl/α,β-unsaturated/α-hetero) is 1. The van der Waals surface area contributed by atoms with Crippen LogP contribution in [0.15, 0.2) is 48.5 Å². The third-order valence-corrected chi connectivity index (χ3v) is 4.38. The summed E-state index contributed by atoms with van der Waals surface area (Å²) in [5.74, 6) is -1.65. The number of hydrogen-bond acceptors (Lipinski definition) is 11. The average Bonchev–Trinajstić information content (AvgIpc) is 2.86. The fourth-order valence-corrected chi connectivity index (χ4v) is 2.70. The van der Waals surface area contributed by atoms with E-state index in [0.717, 1.165) is 6.07 Å². The minimum absolute atomic E-state index is 0.0551. The van der Waals surface area contributed by atoms with Gasteiger partial charge in [0.2, 0.25) is 0 Å². The van der Waals surface area contributed by atoms with E-state index in [1.165, 1.54) is 24.3 Å². The zero-order chi connectivity index (χ0) is 25.5. The molecule has 35 heavy (non-hydrogen) atoms. The predicted octanol–water partition coefficient (Wildman–Crippen LogP) is 2.39. The number of carbonyl (C=O) groups excluding carboxylic acids is 2. The number of non-ortho nitro benzene ring substituents is 1. The van der Waals surface area contributed by atoms with Gasteiger partial charge in [0, 0.05) is 18.2 Å². The van der Waals surface area contributed by atoms with E-state index in [4.69, 9.17) is 18.9 Å². The maximum absolute atomic E-state index is 11.8. The van der Waals surface area contributed by atoms with Crippen LogP contribution in [-0.4, -0.2) is 74.4 Å². The highest BCUT2D eigenvalue weighted by Crippen LogP contribution is 2.28. The van der Waals surface area contributed by atoms with Gasteiger partial charge in [0.25, 0.3) is 17.2 Å². The summed E-state index contributed by atoms with van der Waals surface area (Å²) in [4.78, 5) is 43.9. The first-order valence-corrected chi connectivity index (χ1v) is 10.6. The number of anilines is 1. The zero-order valence-electron chi connectivity index (χ0n) is 18.8. The highest BCUT2D eigenvalue weighted by molar-refractivity contribution is 6.40. The molecule has 0 aliphatic rings. The number of nitro benzene ring substituents is 2. The standard InChI is InChI=1S/C22H25N3O10/c26-21(17-4-2-1-3-5-17)22(27)35-15-14-34-13-12-33-11-10-32-9-8-23-19-7-6-18(24(28)29)16-20(19)25(30)31/h1-7,16,23H,8-15H2. The number of esters is 1. The molecule has 1 N–H and O–H groups in total. The monoisotopic (exact) mass is 491 g/mol. The van der Waals surface area contributed by atoms with E-state index in [9.17, 15) is 29.8 Å². The molecule has 0 atom stereocenters. The van der Waals surface area contributed by atoms with Crippen molar-refractivity contribution in [2.24, 2.45) is 0 Å². The first-order valence-electron chi connectivity index (χ1n) is 10.6. The van der Waals surface area contributed by atoms with Gasteiger partial charge in [-0.05, 0) is 6.07 Å². The summed E-state index contributed by atoms with van der Waals surface area (Å²) in [6, 6.07) is 11.5. The topological polar surface area (TPSA) is 169 Å². The largest absolute Gasteiger partial charge is 0.457 e. The third kappa shape index (κ3) is 9.83. The van der Waals surface area contributed by atoms with Crippen LogP contribution < -0.4 is 5.32 Å². The number of rotatable bonds is 17. The van der Waals surface area contributed by atoms with Crippen LogP contribution in [0, 0.1) is 20.2 Å². The van der Waals surface area contributed by atoms with Crippen molar-refractivity contribution < 1.29 is 38.4 Å². The number of nitrogens with one attached hydrogen (secondary N) is 1. The van der Waals surface area contributed by atoms with Crippen LogP contribution in [0.1, 0.15) is 10.4 Å². The predicted molar refractivity (Wildman–Crippen MR) is 122 cm³/mol. The normalized spacial score (nSPS) is 10.5. The van der Waals surface area contributed by atoms with E-state index in [1.54, 1.807) is 18.2 Å². The summed E-state index contributed by atoms with van der Waals surface area (Å²) in [6.45, 7) is 1.68. The molecule has 13 heteroatoms. The molecule has 0 bridgehead atoms. The van der Waals surface area contributed by atoms with Crippen molar-refractivity contribution in [3.05, 3.63) is 74.3 Å². The van der Waals surface area contributed by atoms with E-state index in [0.29, 0.717) is 6.61 Å². The molecule has 0 spiro atoms. The Morgan fingerprint density at radius 2 is 1.37 bits per heavy atom. The smallest absolute Gasteiger partial charge is 0.379 e. The summed E-state index contributed by atoms with van der Waals surface area (Å²) >= 11 is 0. The first kappa shape index (κ1) is 27.3. The summed E-state index contributed by atoms with van der Waals surface area (Å²) < 4.78 is 20.8. The van der Waals surface area contributed by atoms with Crippen LogP contribution in [0.5, 0.6) is 0 Å². The van der Waals surface area contributed by atoms with Gasteiger partial charge >= 0.3 is 5.97 Å². The zero-order valence-corrected chi connectivity index (χ0v) is 18.8. The average molecular weight is 491 g/mol. The molecule has 0 unspecified atom stereocenters. The Labute approximate surface area is 200 Å². The summed E-state index contributed by atoms with van der Waals surface area (Å²) in [5.41, 5.74) is -0.330. The lowest BCUT2D eigenvalue weighted by Crippen LogP contribution is -2.20. The van der Waals surface area contributed by atoms with Crippen molar-refractivity contribution in [2.75, 3.05) is 58.1 Å². The lowest BCUT2D eigenvalue weighted by Gasteiger charge is -2.09. The van der Waals surface area contributed by atoms with Crippen LogP contribution >= 0.6 is 0 Å². The van der Waals surface area contributed by atoms with Gasteiger partial charge in [-0.3, -0.25) is 25.0 Å². The van der Waals surface area contributed by atoms with E-state index >= 15 is 0 Å². The van der Waals surface area contributed by atoms with Gasteiger partial charge in [0.05, 0.1) is 55.6 Å². The van der Waals surface area contributed by atoms with Crippen LogP contribution in [-0.2, 0) is 23.7 Å². The molecule has 2 aromatic carbocycles. The van der Waals surface area contributed by atoms with E-state index < -0.39 is 21.6 Å². The second kappa shape index (κ2) is 15.1. The second-order valence-corrected chi connectivity index (χ2v) is 6.81. The second-order valence-electron chi connectivity index (χ2n) is 6.81. The molecule has 0 saturated carbocycles. The minimum Gasteiger partial charge on any atom is -0.457 e. The maximum Gasteiger partial charge on any atom is 0.379 e. The lowest BCUT2D eigenvalue weighted by atomic mass is 10.1. The Bertz CT molecular complexity index is 1000. The van der Waals surface area contributed by atoms with Gasteiger partial charge in [0.15, 0.2) is 0 Å². The molecule has 0 amide bonds. The van der Waals surface area contributed by atoms with Crippen molar-refractivity contribution >= 4 is 28.8 Å². The molecular weight excluding hydrogens is 466 g/mol. The number of ketones is 1. The van der Waals surface area contributed by atoms with Crippen LogP contribution in [0.2, 0.25) is 0 Å². The molecule has 0 fully saturated rings. The van der Waals surface area contributed by atoms with Crippen molar-refractivity contribution in [1.82, 2.24) is 0 Å². The Balaban J connectivity index is 1.46. The molecule has 13 nitrogen and oxygen atoms in total. The Hall–Kier alpha value is -3.94. The van der Waals surface area contributed by atoms with Gasteiger partial charge in [-0.25, -0.2) is 4.79 Å². The van der Waals surface area contributed by atoms with E-state index in [-0.39, 0.29) is 68.8 Å². The number of ether oxygens (including phenoxy) is 4. The summed E-state index contributed by atoms with van der Waals surface area (Å²) in [7, 11) is 0. The number of nitro groups is 2. The molecule has 188 valence electrons. The third-order valence-electron chi connectivity index (χ3n) is 4.38. The number of nitrogens with zero attached hydrogens (tertiary/aromatic N) is 2. The Kier molecular flexibility index (Phi) is 11.7. The number of benzene rings is 2. The number of hydrogen-bond donors (Lipinski definition) is 1. The maximum atomic E-state index is 11.8. The fraction of sp³-hybridized carbons (Fsp3) is 0.364. The number of carbonyl (C=O) groups is 2. The molecule has 0 aromatic heterocycles.